The first-order valence-electron chi connectivity index (χ1n) is 6.57. The van der Waals surface area contributed by atoms with Gasteiger partial charge in [0, 0.05) is 41.4 Å². The van der Waals surface area contributed by atoms with Crippen LogP contribution in [-0.4, -0.2) is 48.6 Å². The Kier molecular flexibility index (Phi) is 4.95. The van der Waals surface area contributed by atoms with Crippen LogP contribution < -0.4 is 5.32 Å². The van der Waals surface area contributed by atoms with Crippen LogP contribution >= 0.6 is 0 Å². The summed E-state index contributed by atoms with van der Waals surface area (Å²) in [7, 11) is -2.52. The van der Waals surface area contributed by atoms with Crippen molar-refractivity contribution in [1.82, 2.24) is 9.62 Å². The predicted molar refractivity (Wildman–Crippen MR) is 80.6 cm³/mol. The first-order chi connectivity index (χ1) is 9.45. The molecule has 1 N–H and O–H groups in total. The summed E-state index contributed by atoms with van der Waals surface area (Å²) >= 11 is 0. The predicted octanol–water partition coefficient (Wildman–Crippen LogP) is 0.720. The highest BCUT2D eigenvalue weighted by atomic mass is 32.2. The van der Waals surface area contributed by atoms with Crippen molar-refractivity contribution in [2.45, 2.75) is 17.9 Å². The topological polar surface area (TPSA) is 66.5 Å². The minimum absolute atomic E-state index is 0.0963. The molecule has 0 aromatic heterocycles. The fourth-order valence-electron chi connectivity index (χ4n) is 2.12. The van der Waals surface area contributed by atoms with Gasteiger partial charge in [-0.2, -0.15) is 4.31 Å². The molecule has 1 heterocycles. The lowest BCUT2D eigenvalue weighted by atomic mass is 10.1. The lowest BCUT2D eigenvalue weighted by Crippen LogP contribution is -2.41. The highest BCUT2D eigenvalue weighted by Crippen LogP contribution is 2.21. The number of rotatable bonds is 4. The van der Waals surface area contributed by atoms with Crippen LogP contribution in [0.4, 0.5) is 0 Å². The number of sulfonamides is 1. The van der Waals surface area contributed by atoms with Crippen molar-refractivity contribution >= 4 is 20.8 Å². The molecule has 1 unspecified atom stereocenters. The van der Waals surface area contributed by atoms with E-state index in [9.17, 15) is 12.6 Å². The summed E-state index contributed by atoms with van der Waals surface area (Å²) in [4.78, 5) is 0.310. The number of hydrogen-bond donors (Lipinski definition) is 1. The maximum Gasteiger partial charge on any atom is 0.243 e. The van der Waals surface area contributed by atoms with Gasteiger partial charge in [0.2, 0.25) is 10.0 Å². The monoisotopic (exact) mass is 316 g/mol. The Labute approximate surface area is 122 Å². The zero-order valence-electron chi connectivity index (χ0n) is 11.7. The third kappa shape index (κ3) is 3.28. The molecule has 1 atom stereocenters. The van der Waals surface area contributed by atoms with Crippen LogP contribution in [0.1, 0.15) is 18.5 Å². The van der Waals surface area contributed by atoms with Gasteiger partial charge in [-0.25, -0.2) is 8.42 Å². The molecule has 5 nitrogen and oxygen atoms in total. The zero-order valence-corrected chi connectivity index (χ0v) is 13.3. The van der Waals surface area contributed by atoms with Crippen molar-refractivity contribution in [3.05, 3.63) is 29.8 Å². The molecular formula is C13H20N2O3S2. The summed E-state index contributed by atoms with van der Waals surface area (Å²) in [5.41, 5.74) is 0.939. The van der Waals surface area contributed by atoms with Crippen LogP contribution in [0.25, 0.3) is 0 Å². The molecule has 1 aromatic rings. The largest absolute Gasteiger partial charge is 0.313 e. The average Bonchev–Trinajstić information content (AvgIpc) is 2.47. The van der Waals surface area contributed by atoms with E-state index in [-0.39, 0.29) is 6.04 Å². The van der Waals surface area contributed by atoms with E-state index in [1.54, 1.807) is 18.2 Å². The van der Waals surface area contributed by atoms with Gasteiger partial charge in [-0.1, -0.05) is 12.1 Å². The number of nitrogens with one attached hydrogen (secondary N) is 1. The minimum atomic E-state index is -3.48. The third-order valence-electron chi connectivity index (χ3n) is 3.57. The van der Waals surface area contributed by atoms with E-state index in [0.29, 0.717) is 29.5 Å². The first-order valence-corrected chi connectivity index (χ1v) is 9.50. The van der Waals surface area contributed by atoms with Gasteiger partial charge in [0.05, 0.1) is 4.90 Å². The molecule has 0 aliphatic carbocycles. The van der Waals surface area contributed by atoms with E-state index in [2.05, 4.69) is 5.32 Å². The molecular weight excluding hydrogens is 296 g/mol. The number of hydrogen-bond acceptors (Lipinski definition) is 4. The van der Waals surface area contributed by atoms with Gasteiger partial charge in [0.1, 0.15) is 0 Å². The standard InChI is InChI=1S/C13H20N2O3S2/c1-11(14-2)12-4-3-5-13(10-12)20(17,18)15-6-8-19(16)9-7-15/h3-5,10-11,14H,6-9H2,1-2H3. The smallest absolute Gasteiger partial charge is 0.243 e. The van der Waals surface area contributed by atoms with Crippen molar-refractivity contribution < 1.29 is 12.6 Å². The van der Waals surface area contributed by atoms with Crippen LogP contribution in [-0.2, 0) is 20.8 Å². The second-order valence-electron chi connectivity index (χ2n) is 4.84. The number of nitrogens with zero attached hydrogens (tertiary/aromatic N) is 1. The lowest BCUT2D eigenvalue weighted by Gasteiger charge is -2.26. The van der Waals surface area contributed by atoms with Crippen molar-refractivity contribution in [2.24, 2.45) is 0 Å². The van der Waals surface area contributed by atoms with Crippen molar-refractivity contribution in [1.29, 1.82) is 0 Å². The maximum absolute atomic E-state index is 12.6. The van der Waals surface area contributed by atoms with Gasteiger partial charge in [-0.3, -0.25) is 4.21 Å². The van der Waals surface area contributed by atoms with Crippen LogP contribution in [0, 0.1) is 0 Å². The van der Waals surface area contributed by atoms with E-state index in [1.165, 1.54) is 4.31 Å². The molecule has 1 aliphatic rings. The van der Waals surface area contributed by atoms with Gasteiger partial charge in [0.15, 0.2) is 0 Å². The Hall–Kier alpha value is -0.760. The second-order valence-corrected chi connectivity index (χ2v) is 8.47. The summed E-state index contributed by atoms with van der Waals surface area (Å²) in [6, 6.07) is 7.09. The maximum atomic E-state index is 12.6. The molecule has 112 valence electrons. The average molecular weight is 316 g/mol. The second kappa shape index (κ2) is 6.34. The van der Waals surface area contributed by atoms with Gasteiger partial charge in [-0.15, -0.1) is 0 Å². The molecule has 0 radical (unpaired) electrons. The molecule has 1 saturated heterocycles. The summed E-state index contributed by atoms with van der Waals surface area (Å²) in [6.07, 6.45) is 0. The van der Waals surface area contributed by atoms with Gasteiger partial charge in [0.25, 0.3) is 0 Å². The molecule has 1 aliphatic heterocycles. The van der Waals surface area contributed by atoms with Gasteiger partial charge < -0.3 is 5.32 Å². The van der Waals surface area contributed by atoms with Crippen molar-refractivity contribution in [3.63, 3.8) is 0 Å². The van der Waals surface area contributed by atoms with E-state index in [1.807, 2.05) is 20.0 Å². The summed E-state index contributed by atoms with van der Waals surface area (Å²) in [5.74, 6) is 0.845. The minimum Gasteiger partial charge on any atom is -0.313 e. The Morgan fingerprint density at radius 3 is 2.55 bits per heavy atom. The van der Waals surface area contributed by atoms with Crippen LogP contribution in [0.5, 0.6) is 0 Å². The highest BCUT2D eigenvalue weighted by molar-refractivity contribution is 7.89. The fourth-order valence-corrected chi connectivity index (χ4v) is 4.90. The normalized spacial score (nSPS) is 19.9. The Bertz CT molecular complexity index is 591. The summed E-state index contributed by atoms with van der Waals surface area (Å²) in [6.45, 7) is 2.65. The van der Waals surface area contributed by atoms with E-state index in [4.69, 9.17) is 0 Å². The van der Waals surface area contributed by atoms with Crippen molar-refractivity contribution in [2.75, 3.05) is 31.6 Å². The Balaban J connectivity index is 2.27. The van der Waals surface area contributed by atoms with E-state index >= 15 is 0 Å². The molecule has 2 rings (SSSR count). The SMILES string of the molecule is CNC(C)c1cccc(S(=O)(=O)N2CCS(=O)CC2)c1. The van der Waals surface area contributed by atoms with Gasteiger partial charge >= 0.3 is 0 Å². The Morgan fingerprint density at radius 2 is 1.95 bits per heavy atom. The summed E-state index contributed by atoms with van der Waals surface area (Å²) in [5, 5.41) is 3.10. The van der Waals surface area contributed by atoms with E-state index < -0.39 is 20.8 Å². The fraction of sp³-hybridized carbons (Fsp3) is 0.538. The van der Waals surface area contributed by atoms with Gasteiger partial charge in [-0.05, 0) is 31.7 Å². The molecule has 0 saturated carbocycles. The summed E-state index contributed by atoms with van der Waals surface area (Å²) < 4.78 is 37.9. The zero-order chi connectivity index (χ0) is 14.8. The molecule has 20 heavy (non-hydrogen) atoms. The molecule has 0 amide bonds. The highest BCUT2D eigenvalue weighted by Gasteiger charge is 2.28. The molecule has 7 heteroatoms. The molecule has 0 bridgehead atoms. The third-order valence-corrected chi connectivity index (χ3v) is 6.74. The lowest BCUT2D eigenvalue weighted by molar-refractivity contribution is 0.438. The molecule has 1 aromatic carbocycles. The Morgan fingerprint density at radius 1 is 1.30 bits per heavy atom. The van der Waals surface area contributed by atoms with E-state index in [0.717, 1.165) is 5.56 Å². The quantitative estimate of drug-likeness (QED) is 0.889. The van der Waals surface area contributed by atoms with Crippen LogP contribution in [0.3, 0.4) is 0 Å². The van der Waals surface area contributed by atoms with Crippen LogP contribution in [0.2, 0.25) is 0 Å². The van der Waals surface area contributed by atoms with Crippen molar-refractivity contribution in [3.8, 4) is 0 Å². The molecule has 1 fully saturated rings. The first kappa shape index (κ1) is 15.6. The molecule has 0 spiro atoms. The number of benzene rings is 1. The van der Waals surface area contributed by atoms with Crippen LogP contribution in [0.15, 0.2) is 29.2 Å².